The van der Waals surface area contributed by atoms with E-state index in [-0.39, 0.29) is 5.41 Å². The van der Waals surface area contributed by atoms with E-state index in [0.29, 0.717) is 18.5 Å². The number of benzene rings is 1. The third-order valence-electron chi connectivity index (χ3n) is 3.03. The summed E-state index contributed by atoms with van der Waals surface area (Å²) in [5.74, 6) is 0. The van der Waals surface area contributed by atoms with Crippen LogP contribution in [0.3, 0.4) is 0 Å². The van der Waals surface area contributed by atoms with Crippen LogP contribution in [-0.4, -0.2) is 0 Å². The molecule has 2 N–H and O–H groups in total. The minimum atomic E-state index is -1.09. The Morgan fingerprint density at radius 2 is 1.80 bits per heavy atom. The van der Waals surface area contributed by atoms with E-state index in [1.807, 2.05) is 12.1 Å². The van der Waals surface area contributed by atoms with Crippen LogP contribution in [0.4, 0.5) is 10.1 Å². The first-order chi connectivity index (χ1) is 6.81. The van der Waals surface area contributed by atoms with Gasteiger partial charge in [0.05, 0.1) is 0 Å². The zero-order valence-corrected chi connectivity index (χ0v) is 9.60. The summed E-state index contributed by atoms with van der Waals surface area (Å²) < 4.78 is 13.9. The molecule has 0 atom stereocenters. The topological polar surface area (TPSA) is 26.0 Å². The second-order valence-corrected chi connectivity index (χ2v) is 5.56. The van der Waals surface area contributed by atoms with Crippen LogP contribution in [0.1, 0.15) is 44.7 Å². The van der Waals surface area contributed by atoms with E-state index in [0.717, 1.165) is 11.1 Å². The van der Waals surface area contributed by atoms with Gasteiger partial charge in [-0.1, -0.05) is 26.8 Å². The van der Waals surface area contributed by atoms with Crippen LogP contribution in [0, 0.1) is 0 Å². The molecule has 0 radical (unpaired) electrons. The largest absolute Gasteiger partial charge is 0.399 e. The maximum absolute atomic E-state index is 13.9. The van der Waals surface area contributed by atoms with Crippen LogP contribution in [-0.2, 0) is 11.1 Å². The highest BCUT2D eigenvalue weighted by Crippen LogP contribution is 2.50. The normalized spacial score (nSPS) is 18.9. The van der Waals surface area contributed by atoms with E-state index in [2.05, 4.69) is 20.8 Å². The predicted molar refractivity (Wildman–Crippen MR) is 61.6 cm³/mol. The molecule has 1 aromatic rings. The van der Waals surface area contributed by atoms with Gasteiger partial charge in [-0.25, -0.2) is 4.39 Å². The zero-order valence-electron chi connectivity index (χ0n) is 9.60. The Kier molecular flexibility index (Phi) is 2.07. The maximum atomic E-state index is 13.9. The highest BCUT2D eigenvalue weighted by atomic mass is 19.1. The van der Waals surface area contributed by atoms with Crippen LogP contribution in [0.5, 0.6) is 0 Å². The Balaban J connectivity index is 2.46. The second-order valence-electron chi connectivity index (χ2n) is 5.56. The lowest BCUT2D eigenvalue weighted by Crippen LogP contribution is -2.13. The fourth-order valence-electron chi connectivity index (χ4n) is 1.74. The van der Waals surface area contributed by atoms with E-state index in [1.165, 1.54) is 0 Å². The summed E-state index contributed by atoms with van der Waals surface area (Å²) in [6, 6.07) is 5.67. The fourth-order valence-corrected chi connectivity index (χ4v) is 1.74. The van der Waals surface area contributed by atoms with Gasteiger partial charge in [-0.15, -0.1) is 0 Å². The molecule has 0 unspecified atom stereocenters. The second kappa shape index (κ2) is 2.97. The Morgan fingerprint density at radius 1 is 1.20 bits per heavy atom. The molecule has 0 saturated heterocycles. The highest BCUT2D eigenvalue weighted by molar-refractivity contribution is 5.49. The van der Waals surface area contributed by atoms with Gasteiger partial charge in [-0.2, -0.15) is 0 Å². The monoisotopic (exact) mass is 207 g/mol. The van der Waals surface area contributed by atoms with E-state index >= 15 is 0 Å². The molecule has 0 bridgehead atoms. The quantitative estimate of drug-likeness (QED) is 0.700. The van der Waals surface area contributed by atoms with Gasteiger partial charge in [0.25, 0.3) is 0 Å². The lowest BCUT2D eigenvalue weighted by atomic mass is 9.85. The van der Waals surface area contributed by atoms with Gasteiger partial charge in [0.15, 0.2) is 0 Å². The standard InChI is InChI=1S/C13H18FN/c1-12(2,3)9-6-10(8-11(15)7-9)13(14)4-5-13/h6-8H,4-5,15H2,1-3H3. The average Bonchev–Trinajstić information content (AvgIpc) is 2.82. The van der Waals surface area contributed by atoms with E-state index < -0.39 is 5.67 Å². The summed E-state index contributed by atoms with van der Waals surface area (Å²) >= 11 is 0. The van der Waals surface area contributed by atoms with Crippen molar-refractivity contribution in [3.8, 4) is 0 Å². The lowest BCUT2D eigenvalue weighted by Gasteiger charge is -2.21. The molecule has 1 nitrogen and oxygen atoms in total. The summed E-state index contributed by atoms with van der Waals surface area (Å²) in [6.45, 7) is 6.34. The van der Waals surface area contributed by atoms with Crippen molar-refractivity contribution in [3.63, 3.8) is 0 Å². The zero-order chi connectivity index (χ0) is 11.3. The maximum Gasteiger partial charge on any atom is 0.136 e. The molecule has 0 spiro atoms. The predicted octanol–water partition coefficient (Wildman–Crippen LogP) is 3.52. The van der Waals surface area contributed by atoms with Crippen molar-refractivity contribution in [1.29, 1.82) is 0 Å². The fraction of sp³-hybridized carbons (Fsp3) is 0.538. The van der Waals surface area contributed by atoms with Crippen molar-refractivity contribution in [2.75, 3.05) is 5.73 Å². The minimum Gasteiger partial charge on any atom is -0.399 e. The van der Waals surface area contributed by atoms with Gasteiger partial charge in [-0.05, 0) is 41.5 Å². The molecule has 15 heavy (non-hydrogen) atoms. The number of alkyl halides is 1. The van der Waals surface area contributed by atoms with E-state index in [9.17, 15) is 4.39 Å². The Labute approximate surface area is 90.5 Å². The van der Waals surface area contributed by atoms with Gasteiger partial charge in [0, 0.05) is 5.69 Å². The number of halogens is 1. The Morgan fingerprint density at radius 3 is 2.27 bits per heavy atom. The summed E-state index contributed by atoms with van der Waals surface area (Å²) in [5.41, 5.74) is 7.29. The molecule has 1 fully saturated rings. The van der Waals surface area contributed by atoms with Gasteiger partial charge in [0.1, 0.15) is 5.67 Å². The molecule has 1 aliphatic rings. The summed E-state index contributed by atoms with van der Waals surface area (Å²) in [4.78, 5) is 0. The van der Waals surface area contributed by atoms with Crippen molar-refractivity contribution in [2.24, 2.45) is 0 Å². The van der Waals surface area contributed by atoms with Gasteiger partial charge in [-0.3, -0.25) is 0 Å². The molecule has 82 valence electrons. The molecule has 1 aromatic carbocycles. The molecular formula is C13H18FN. The van der Waals surface area contributed by atoms with Crippen molar-refractivity contribution in [3.05, 3.63) is 29.3 Å². The van der Waals surface area contributed by atoms with Gasteiger partial charge >= 0.3 is 0 Å². The SMILES string of the molecule is CC(C)(C)c1cc(N)cc(C2(F)CC2)c1. The Hall–Kier alpha value is -1.05. The van der Waals surface area contributed by atoms with Crippen LogP contribution in [0.25, 0.3) is 0 Å². The molecule has 0 heterocycles. The van der Waals surface area contributed by atoms with Crippen LogP contribution in [0.2, 0.25) is 0 Å². The lowest BCUT2D eigenvalue weighted by molar-refractivity contribution is 0.317. The van der Waals surface area contributed by atoms with Crippen molar-refractivity contribution < 1.29 is 4.39 Å². The van der Waals surface area contributed by atoms with Crippen LogP contribution in [0.15, 0.2) is 18.2 Å². The summed E-state index contributed by atoms with van der Waals surface area (Å²) in [7, 11) is 0. The molecule has 1 aliphatic carbocycles. The van der Waals surface area contributed by atoms with Gasteiger partial charge in [0.2, 0.25) is 0 Å². The average molecular weight is 207 g/mol. The third-order valence-corrected chi connectivity index (χ3v) is 3.03. The number of anilines is 1. The summed E-state index contributed by atoms with van der Waals surface area (Å²) in [6.07, 6.45) is 1.28. The number of nitrogen functional groups attached to an aromatic ring is 1. The first-order valence-electron chi connectivity index (χ1n) is 5.42. The number of rotatable bonds is 1. The smallest absolute Gasteiger partial charge is 0.136 e. The molecule has 2 heteroatoms. The summed E-state index contributed by atoms with van der Waals surface area (Å²) in [5, 5.41) is 0. The molecule has 2 rings (SSSR count). The molecule has 1 saturated carbocycles. The van der Waals surface area contributed by atoms with E-state index in [1.54, 1.807) is 6.07 Å². The first-order valence-corrected chi connectivity index (χ1v) is 5.42. The van der Waals surface area contributed by atoms with Crippen LogP contribution < -0.4 is 5.73 Å². The number of hydrogen-bond donors (Lipinski definition) is 1. The molecule has 0 aliphatic heterocycles. The van der Waals surface area contributed by atoms with Crippen molar-refractivity contribution in [1.82, 2.24) is 0 Å². The number of hydrogen-bond acceptors (Lipinski definition) is 1. The molecular weight excluding hydrogens is 189 g/mol. The van der Waals surface area contributed by atoms with Crippen LogP contribution >= 0.6 is 0 Å². The number of nitrogens with two attached hydrogens (primary N) is 1. The molecule has 0 aromatic heterocycles. The van der Waals surface area contributed by atoms with E-state index in [4.69, 9.17) is 5.73 Å². The minimum absolute atomic E-state index is 0.0232. The van der Waals surface area contributed by atoms with Crippen molar-refractivity contribution in [2.45, 2.75) is 44.7 Å². The van der Waals surface area contributed by atoms with Gasteiger partial charge < -0.3 is 5.73 Å². The third kappa shape index (κ3) is 1.99. The highest BCUT2D eigenvalue weighted by Gasteiger charge is 2.45. The van der Waals surface area contributed by atoms with Crippen molar-refractivity contribution >= 4 is 5.69 Å². The first kappa shape index (κ1) is 10.5. The Bertz CT molecular complexity index is 363. The molecule has 0 amide bonds.